The SMILES string of the molecule is CC(=O)Nc1ccc(Cl)cc1S(=O)(=O)O.[Na]. The fourth-order valence-corrected chi connectivity index (χ4v) is 1.91. The third-order valence-corrected chi connectivity index (χ3v) is 2.66. The van der Waals surface area contributed by atoms with Crippen LogP contribution in [0.5, 0.6) is 0 Å². The van der Waals surface area contributed by atoms with E-state index in [1.165, 1.54) is 19.1 Å². The van der Waals surface area contributed by atoms with Crippen molar-refractivity contribution in [2.24, 2.45) is 0 Å². The van der Waals surface area contributed by atoms with Crippen LogP contribution in [-0.2, 0) is 14.9 Å². The van der Waals surface area contributed by atoms with Gasteiger partial charge in [-0.25, -0.2) is 0 Å². The van der Waals surface area contributed by atoms with Crippen LogP contribution in [0.25, 0.3) is 0 Å². The van der Waals surface area contributed by atoms with Crippen molar-refractivity contribution in [2.75, 3.05) is 5.32 Å². The predicted octanol–water partition coefficient (Wildman–Crippen LogP) is 1.16. The molecule has 0 saturated carbocycles. The summed E-state index contributed by atoms with van der Waals surface area (Å²) in [7, 11) is -4.40. The van der Waals surface area contributed by atoms with E-state index in [2.05, 4.69) is 5.32 Å². The first-order valence-corrected chi connectivity index (χ1v) is 5.67. The van der Waals surface area contributed by atoms with E-state index in [1.807, 2.05) is 0 Å². The molecular weight excluding hydrogens is 265 g/mol. The number of amides is 1. The molecule has 0 saturated heterocycles. The van der Waals surface area contributed by atoms with E-state index in [0.717, 1.165) is 6.07 Å². The van der Waals surface area contributed by atoms with Gasteiger partial charge in [-0.3, -0.25) is 9.35 Å². The Morgan fingerprint density at radius 1 is 1.44 bits per heavy atom. The molecule has 0 fully saturated rings. The van der Waals surface area contributed by atoms with Gasteiger partial charge >= 0.3 is 0 Å². The Labute approximate surface area is 120 Å². The fourth-order valence-electron chi connectivity index (χ4n) is 1.00. The van der Waals surface area contributed by atoms with Gasteiger partial charge in [0.25, 0.3) is 10.1 Å². The Balaban J connectivity index is 0.00000225. The summed E-state index contributed by atoms with van der Waals surface area (Å²) in [4.78, 5) is 10.3. The Morgan fingerprint density at radius 3 is 2.44 bits per heavy atom. The molecule has 16 heavy (non-hydrogen) atoms. The molecule has 0 aliphatic rings. The number of nitrogens with one attached hydrogen (secondary N) is 1. The zero-order chi connectivity index (χ0) is 11.6. The van der Waals surface area contributed by atoms with E-state index in [1.54, 1.807) is 0 Å². The number of carbonyl (C=O) groups excluding carboxylic acids is 1. The van der Waals surface area contributed by atoms with Crippen molar-refractivity contribution in [1.82, 2.24) is 0 Å². The zero-order valence-electron chi connectivity index (χ0n) is 8.69. The van der Waals surface area contributed by atoms with Crippen molar-refractivity contribution in [3.05, 3.63) is 23.2 Å². The third kappa shape index (κ3) is 4.40. The second-order valence-electron chi connectivity index (χ2n) is 2.80. The summed E-state index contributed by atoms with van der Waals surface area (Å²) in [5, 5.41) is 2.42. The molecule has 1 rings (SSSR count). The van der Waals surface area contributed by atoms with E-state index in [0.29, 0.717) is 0 Å². The van der Waals surface area contributed by atoms with Gasteiger partial charge in [0.05, 0.1) is 5.69 Å². The predicted molar refractivity (Wildman–Crippen MR) is 61.3 cm³/mol. The number of rotatable bonds is 2. The third-order valence-electron chi connectivity index (χ3n) is 1.53. The fraction of sp³-hybridized carbons (Fsp3) is 0.125. The average molecular weight is 273 g/mol. The van der Waals surface area contributed by atoms with Gasteiger partial charge in [-0.05, 0) is 18.2 Å². The summed E-state index contributed by atoms with van der Waals surface area (Å²) in [6.07, 6.45) is 0. The maximum Gasteiger partial charge on any atom is 0.296 e. The van der Waals surface area contributed by atoms with Crippen LogP contribution in [0.3, 0.4) is 0 Å². The minimum atomic E-state index is -4.40. The summed E-state index contributed by atoms with van der Waals surface area (Å²) in [5.74, 6) is -0.442. The molecular formula is C8H8ClNNaO4S. The maximum atomic E-state index is 10.9. The summed E-state index contributed by atoms with van der Waals surface area (Å²) in [5.41, 5.74) is -0.00519. The molecule has 1 aromatic carbocycles. The average Bonchev–Trinajstić information content (AvgIpc) is 2.05. The maximum absolute atomic E-state index is 10.9. The number of halogens is 1. The topological polar surface area (TPSA) is 83.5 Å². The molecule has 0 aliphatic carbocycles. The van der Waals surface area contributed by atoms with Crippen LogP contribution in [0.4, 0.5) is 5.69 Å². The minimum absolute atomic E-state index is 0. The number of carbonyl (C=O) groups is 1. The normalized spacial score (nSPS) is 10.4. The van der Waals surface area contributed by atoms with Crippen LogP contribution in [0.1, 0.15) is 6.92 Å². The van der Waals surface area contributed by atoms with E-state index in [9.17, 15) is 13.2 Å². The van der Waals surface area contributed by atoms with Crippen LogP contribution in [0.2, 0.25) is 5.02 Å². The van der Waals surface area contributed by atoms with E-state index >= 15 is 0 Å². The Kier molecular flexibility index (Phi) is 5.95. The first-order valence-electron chi connectivity index (χ1n) is 3.85. The van der Waals surface area contributed by atoms with Gasteiger partial charge in [0.1, 0.15) is 4.90 Å². The zero-order valence-corrected chi connectivity index (χ0v) is 12.3. The molecule has 0 unspecified atom stereocenters. The van der Waals surface area contributed by atoms with Gasteiger partial charge in [-0.2, -0.15) is 8.42 Å². The molecule has 8 heteroatoms. The largest absolute Gasteiger partial charge is 0.325 e. The number of anilines is 1. The van der Waals surface area contributed by atoms with Gasteiger partial charge in [0.15, 0.2) is 0 Å². The molecule has 0 aliphatic heterocycles. The molecule has 0 bridgehead atoms. The molecule has 0 aromatic heterocycles. The first kappa shape index (κ1) is 15.9. The van der Waals surface area contributed by atoms with Gasteiger partial charge in [0, 0.05) is 41.5 Å². The van der Waals surface area contributed by atoms with E-state index in [-0.39, 0.29) is 40.3 Å². The van der Waals surface area contributed by atoms with Crippen LogP contribution in [-0.4, -0.2) is 48.4 Å². The van der Waals surface area contributed by atoms with Crippen molar-refractivity contribution in [3.63, 3.8) is 0 Å². The summed E-state index contributed by atoms with van der Waals surface area (Å²) in [6.45, 7) is 1.22. The molecule has 2 N–H and O–H groups in total. The monoisotopic (exact) mass is 272 g/mol. The molecule has 83 valence electrons. The molecule has 0 atom stereocenters. The minimum Gasteiger partial charge on any atom is -0.325 e. The summed E-state index contributed by atoms with van der Waals surface area (Å²) in [6, 6.07) is 3.76. The van der Waals surface area contributed by atoms with Gasteiger partial charge in [0.2, 0.25) is 5.91 Å². The van der Waals surface area contributed by atoms with Crippen LogP contribution in [0, 0.1) is 0 Å². The van der Waals surface area contributed by atoms with Gasteiger partial charge in [-0.1, -0.05) is 11.6 Å². The van der Waals surface area contributed by atoms with Crippen molar-refractivity contribution in [3.8, 4) is 0 Å². The number of hydrogen-bond donors (Lipinski definition) is 2. The van der Waals surface area contributed by atoms with E-state index in [4.69, 9.17) is 16.2 Å². The molecule has 0 spiro atoms. The Morgan fingerprint density at radius 2 is 2.00 bits per heavy atom. The first-order chi connectivity index (χ1) is 6.80. The van der Waals surface area contributed by atoms with Crippen molar-refractivity contribution in [1.29, 1.82) is 0 Å². The molecule has 1 aromatic rings. The number of hydrogen-bond acceptors (Lipinski definition) is 3. The molecule has 1 radical (unpaired) electrons. The van der Waals surface area contributed by atoms with Gasteiger partial charge in [-0.15, -0.1) is 0 Å². The van der Waals surface area contributed by atoms with Crippen molar-refractivity contribution >= 4 is 62.9 Å². The Bertz CT molecular complexity index is 503. The van der Waals surface area contributed by atoms with Crippen LogP contribution in [0.15, 0.2) is 23.1 Å². The standard InChI is InChI=1S/C8H8ClNO4S.Na/c1-5(11)10-7-3-2-6(9)4-8(7)15(12,13)14;/h2-4H,1H3,(H,10,11)(H,12,13,14);. The molecule has 1 amide bonds. The summed E-state index contributed by atoms with van der Waals surface area (Å²) < 4.78 is 30.7. The number of benzene rings is 1. The molecule has 0 heterocycles. The smallest absolute Gasteiger partial charge is 0.296 e. The summed E-state index contributed by atoms with van der Waals surface area (Å²) >= 11 is 5.57. The van der Waals surface area contributed by atoms with Gasteiger partial charge < -0.3 is 5.32 Å². The van der Waals surface area contributed by atoms with E-state index < -0.39 is 20.9 Å². The second-order valence-corrected chi connectivity index (χ2v) is 4.62. The van der Waals surface area contributed by atoms with Crippen molar-refractivity contribution < 1.29 is 17.8 Å². The van der Waals surface area contributed by atoms with Crippen LogP contribution >= 0.6 is 11.6 Å². The quantitative estimate of drug-likeness (QED) is 0.625. The Hall–Kier alpha value is -0.110. The second kappa shape index (κ2) is 6.00. The molecule has 5 nitrogen and oxygen atoms in total. The van der Waals surface area contributed by atoms with Crippen LogP contribution < -0.4 is 5.32 Å². The van der Waals surface area contributed by atoms with Crippen molar-refractivity contribution in [2.45, 2.75) is 11.8 Å².